The van der Waals surface area contributed by atoms with Gasteiger partial charge in [0.2, 0.25) is 0 Å². The normalized spacial score (nSPS) is 13.6. The molecule has 0 fully saturated rings. The van der Waals surface area contributed by atoms with E-state index in [0.717, 1.165) is 19.5 Å². The van der Waals surface area contributed by atoms with Crippen molar-refractivity contribution in [3.05, 3.63) is 12.7 Å². The van der Waals surface area contributed by atoms with Crippen LogP contribution in [0.3, 0.4) is 0 Å². The first kappa shape index (κ1) is 9.66. The van der Waals surface area contributed by atoms with Crippen LogP contribution in [0.15, 0.2) is 12.7 Å². The second-order valence-electron chi connectivity index (χ2n) is 2.68. The fourth-order valence-corrected chi connectivity index (χ4v) is 0.824. The van der Waals surface area contributed by atoms with Crippen LogP contribution in [-0.4, -0.2) is 31.1 Å². The van der Waals surface area contributed by atoms with E-state index in [4.69, 9.17) is 5.73 Å². The van der Waals surface area contributed by atoms with Crippen LogP contribution in [0.1, 0.15) is 13.3 Å². The van der Waals surface area contributed by atoms with Crippen LogP contribution in [0.2, 0.25) is 0 Å². The van der Waals surface area contributed by atoms with Crippen molar-refractivity contribution < 1.29 is 0 Å². The van der Waals surface area contributed by atoms with Crippen molar-refractivity contribution in [3.63, 3.8) is 0 Å². The summed E-state index contributed by atoms with van der Waals surface area (Å²) in [6.07, 6.45) is 2.93. The molecule has 0 aliphatic heterocycles. The lowest BCUT2D eigenvalue weighted by molar-refractivity contribution is 0.337. The summed E-state index contributed by atoms with van der Waals surface area (Å²) in [6.45, 7) is 7.64. The van der Waals surface area contributed by atoms with E-state index in [-0.39, 0.29) is 0 Å². The summed E-state index contributed by atoms with van der Waals surface area (Å²) in [4.78, 5) is 2.17. The average molecular weight is 142 g/mol. The molecule has 0 heterocycles. The molecule has 0 radical (unpaired) electrons. The Morgan fingerprint density at radius 1 is 1.70 bits per heavy atom. The molecule has 0 bridgehead atoms. The molecule has 0 aliphatic carbocycles. The second-order valence-corrected chi connectivity index (χ2v) is 2.68. The Balaban J connectivity index is 3.35. The van der Waals surface area contributed by atoms with Gasteiger partial charge in [0, 0.05) is 19.1 Å². The van der Waals surface area contributed by atoms with E-state index in [9.17, 15) is 0 Å². The van der Waals surface area contributed by atoms with Gasteiger partial charge in [0.05, 0.1) is 0 Å². The van der Waals surface area contributed by atoms with E-state index in [2.05, 4.69) is 25.5 Å². The zero-order chi connectivity index (χ0) is 7.98. The largest absolute Gasteiger partial charge is 0.327 e. The SMILES string of the molecule is C=CCN(C)CC(N)CC. The first-order valence-corrected chi connectivity index (χ1v) is 3.75. The molecule has 1 atom stereocenters. The van der Waals surface area contributed by atoms with Crippen molar-refractivity contribution in [3.8, 4) is 0 Å². The Morgan fingerprint density at radius 2 is 2.30 bits per heavy atom. The quantitative estimate of drug-likeness (QED) is 0.576. The Kier molecular flexibility index (Phi) is 5.26. The maximum absolute atomic E-state index is 5.73. The third kappa shape index (κ3) is 4.53. The Labute approximate surface area is 63.7 Å². The fourth-order valence-electron chi connectivity index (χ4n) is 0.824. The minimum absolute atomic E-state index is 0.310. The molecular weight excluding hydrogens is 124 g/mol. The van der Waals surface area contributed by atoms with Gasteiger partial charge in [-0.25, -0.2) is 0 Å². The van der Waals surface area contributed by atoms with Gasteiger partial charge in [-0.1, -0.05) is 13.0 Å². The molecule has 0 aromatic carbocycles. The van der Waals surface area contributed by atoms with Gasteiger partial charge >= 0.3 is 0 Å². The zero-order valence-electron chi connectivity index (χ0n) is 7.01. The lowest BCUT2D eigenvalue weighted by Crippen LogP contribution is -2.34. The molecule has 0 rings (SSSR count). The van der Waals surface area contributed by atoms with E-state index in [1.807, 2.05) is 6.08 Å². The molecule has 0 aliphatic rings. The Hall–Kier alpha value is -0.340. The van der Waals surface area contributed by atoms with Gasteiger partial charge in [-0.05, 0) is 13.5 Å². The van der Waals surface area contributed by atoms with E-state index < -0.39 is 0 Å². The molecule has 1 unspecified atom stereocenters. The monoisotopic (exact) mass is 142 g/mol. The van der Waals surface area contributed by atoms with E-state index in [1.54, 1.807) is 0 Å². The van der Waals surface area contributed by atoms with Gasteiger partial charge in [0.1, 0.15) is 0 Å². The molecule has 0 amide bonds. The van der Waals surface area contributed by atoms with Gasteiger partial charge in [0.25, 0.3) is 0 Å². The van der Waals surface area contributed by atoms with Crippen LogP contribution in [-0.2, 0) is 0 Å². The fraction of sp³-hybridized carbons (Fsp3) is 0.750. The predicted octanol–water partition coefficient (Wildman–Crippen LogP) is 0.842. The summed E-state index contributed by atoms with van der Waals surface area (Å²) in [5.74, 6) is 0. The second kappa shape index (κ2) is 5.45. The molecular formula is C8H18N2. The molecule has 60 valence electrons. The standard InChI is InChI=1S/C8H18N2/c1-4-6-10(3)7-8(9)5-2/h4,8H,1,5-7,9H2,2-3H3. The number of nitrogens with zero attached hydrogens (tertiary/aromatic N) is 1. The topological polar surface area (TPSA) is 29.3 Å². The summed E-state index contributed by atoms with van der Waals surface area (Å²) < 4.78 is 0. The van der Waals surface area contributed by atoms with Crippen LogP contribution < -0.4 is 5.73 Å². The number of rotatable bonds is 5. The Morgan fingerprint density at radius 3 is 2.70 bits per heavy atom. The van der Waals surface area contributed by atoms with Crippen molar-refractivity contribution in [1.29, 1.82) is 0 Å². The van der Waals surface area contributed by atoms with E-state index in [0.29, 0.717) is 6.04 Å². The summed E-state index contributed by atoms with van der Waals surface area (Å²) in [6, 6.07) is 0.310. The molecule has 2 nitrogen and oxygen atoms in total. The lowest BCUT2D eigenvalue weighted by Gasteiger charge is -2.17. The van der Waals surface area contributed by atoms with E-state index in [1.165, 1.54) is 0 Å². The number of hydrogen-bond donors (Lipinski definition) is 1. The van der Waals surface area contributed by atoms with E-state index >= 15 is 0 Å². The molecule has 2 N–H and O–H groups in total. The predicted molar refractivity (Wildman–Crippen MR) is 46.0 cm³/mol. The lowest BCUT2D eigenvalue weighted by atomic mass is 10.2. The van der Waals surface area contributed by atoms with Gasteiger partial charge in [0.15, 0.2) is 0 Å². The van der Waals surface area contributed by atoms with Crippen LogP contribution >= 0.6 is 0 Å². The Bertz CT molecular complexity index is 91.3. The highest BCUT2D eigenvalue weighted by molar-refractivity contribution is 4.73. The molecule has 0 spiro atoms. The van der Waals surface area contributed by atoms with Crippen LogP contribution in [0.4, 0.5) is 0 Å². The average Bonchev–Trinajstić information content (AvgIpc) is 1.88. The summed E-state index contributed by atoms with van der Waals surface area (Å²) in [5.41, 5.74) is 5.73. The minimum Gasteiger partial charge on any atom is -0.327 e. The van der Waals surface area contributed by atoms with Gasteiger partial charge in [-0.3, -0.25) is 0 Å². The first-order valence-electron chi connectivity index (χ1n) is 3.75. The van der Waals surface area contributed by atoms with Crippen LogP contribution in [0, 0.1) is 0 Å². The smallest absolute Gasteiger partial charge is 0.0165 e. The molecule has 0 aromatic heterocycles. The van der Waals surface area contributed by atoms with Crippen LogP contribution in [0.5, 0.6) is 0 Å². The van der Waals surface area contributed by atoms with Crippen molar-refractivity contribution in [2.45, 2.75) is 19.4 Å². The van der Waals surface area contributed by atoms with Gasteiger partial charge in [-0.2, -0.15) is 0 Å². The molecule has 0 saturated heterocycles. The summed E-state index contributed by atoms with van der Waals surface area (Å²) in [5, 5.41) is 0. The minimum atomic E-state index is 0.310. The van der Waals surface area contributed by atoms with Crippen LogP contribution in [0.25, 0.3) is 0 Å². The third-order valence-corrected chi connectivity index (χ3v) is 1.51. The van der Waals surface area contributed by atoms with Crippen molar-refractivity contribution in [2.75, 3.05) is 20.1 Å². The number of nitrogens with two attached hydrogens (primary N) is 1. The number of hydrogen-bond acceptors (Lipinski definition) is 2. The third-order valence-electron chi connectivity index (χ3n) is 1.51. The number of likely N-dealkylation sites (N-methyl/N-ethyl adjacent to an activating group) is 1. The van der Waals surface area contributed by atoms with Crippen molar-refractivity contribution in [1.82, 2.24) is 4.90 Å². The van der Waals surface area contributed by atoms with Gasteiger partial charge in [-0.15, -0.1) is 6.58 Å². The van der Waals surface area contributed by atoms with Crippen molar-refractivity contribution >= 4 is 0 Å². The molecule has 2 heteroatoms. The highest BCUT2D eigenvalue weighted by Crippen LogP contribution is 1.90. The highest BCUT2D eigenvalue weighted by Gasteiger charge is 2.01. The summed E-state index contributed by atoms with van der Waals surface area (Å²) in [7, 11) is 2.05. The summed E-state index contributed by atoms with van der Waals surface area (Å²) >= 11 is 0. The maximum Gasteiger partial charge on any atom is 0.0165 e. The zero-order valence-corrected chi connectivity index (χ0v) is 7.01. The molecule has 10 heavy (non-hydrogen) atoms. The molecule has 0 saturated carbocycles. The highest BCUT2D eigenvalue weighted by atomic mass is 15.1. The maximum atomic E-state index is 5.73. The molecule has 0 aromatic rings. The first-order chi connectivity index (χ1) is 4.70. The van der Waals surface area contributed by atoms with Gasteiger partial charge < -0.3 is 10.6 Å². The van der Waals surface area contributed by atoms with Crippen molar-refractivity contribution in [2.24, 2.45) is 5.73 Å².